The van der Waals surface area contributed by atoms with Gasteiger partial charge in [-0.05, 0) is 45.4 Å². The van der Waals surface area contributed by atoms with Crippen LogP contribution in [0.3, 0.4) is 0 Å². The summed E-state index contributed by atoms with van der Waals surface area (Å²) in [7, 11) is 0. The summed E-state index contributed by atoms with van der Waals surface area (Å²) >= 11 is 0. The molecule has 0 saturated heterocycles. The van der Waals surface area contributed by atoms with Crippen LogP contribution in [0.5, 0.6) is 0 Å². The van der Waals surface area contributed by atoms with Crippen LogP contribution in [0.4, 0.5) is 0 Å². The van der Waals surface area contributed by atoms with Crippen molar-refractivity contribution in [3.05, 3.63) is 0 Å². The Hall–Kier alpha value is -0.0800. The molecule has 1 N–H and O–H groups in total. The quantitative estimate of drug-likeness (QED) is 0.730. The Bertz CT molecular complexity index is 148. The van der Waals surface area contributed by atoms with E-state index in [1.165, 1.54) is 19.3 Å². The monoisotopic (exact) mass is 186 g/mol. The summed E-state index contributed by atoms with van der Waals surface area (Å²) in [6.45, 7) is 7.32. The van der Waals surface area contributed by atoms with E-state index < -0.39 is 0 Å². The van der Waals surface area contributed by atoms with Crippen molar-refractivity contribution in [2.24, 2.45) is 5.41 Å². The summed E-state index contributed by atoms with van der Waals surface area (Å²) in [5.74, 6) is 0. The molecule has 2 nitrogen and oxygen atoms in total. The predicted molar refractivity (Wildman–Crippen MR) is 53.7 cm³/mol. The first-order valence-electron chi connectivity index (χ1n) is 5.22. The largest absolute Gasteiger partial charge is 0.396 e. The van der Waals surface area contributed by atoms with Crippen molar-refractivity contribution in [1.82, 2.24) is 0 Å². The van der Waals surface area contributed by atoms with Gasteiger partial charge in [-0.2, -0.15) is 0 Å². The molecule has 13 heavy (non-hydrogen) atoms. The third kappa shape index (κ3) is 3.28. The molecular formula is C11H22O2. The maximum atomic E-state index is 9.21. The lowest BCUT2D eigenvalue weighted by Crippen LogP contribution is -2.35. The van der Waals surface area contributed by atoms with Gasteiger partial charge in [-0.25, -0.2) is 0 Å². The first-order valence-corrected chi connectivity index (χ1v) is 5.22. The molecular weight excluding hydrogens is 164 g/mol. The molecule has 0 aromatic carbocycles. The zero-order chi connectivity index (χ0) is 9.95. The molecule has 0 amide bonds. The Labute approximate surface area is 81.3 Å². The minimum Gasteiger partial charge on any atom is -0.396 e. The molecule has 2 heteroatoms. The first kappa shape index (κ1) is 11.0. The molecule has 0 atom stereocenters. The minimum atomic E-state index is -0.0413. The SMILES string of the molecule is CC(C)(C)OCCC1(CO)CCC1. The van der Waals surface area contributed by atoms with Crippen LogP contribution in [0.1, 0.15) is 46.5 Å². The van der Waals surface area contributed by atoms with Crippen molar-refractivity contribution >= 4 is 0 Å². The summed E-state index contributed by atoms with van der Waals surface area (Å²) in [6.07, 6.45) is 4.64. The zero-order valence-electron chi connectivity index (χ0n) is 9.10. The van der Waals surface area contributed by atoms with Gasteiger partial charge in [0.1, 0.15) is 0 Å². The second-order valence-corrected chi connectivity index (χ2v) is 5.22. The number of aliphatic hydroxyl groups is 1. The van der Waals surface area contributed by atoms with Crippen LogP contribution in [-0.4, -0.2) is 23.9 Å². The van der Waals surface area contributed by atoms with E-state index in [4.69, 9.17) is 4.74 Å². The van der Waals surface area contributed by atoms with E-state index in [1.807, 2.05) is 0 Å². The fourth-order valence-corrected chi connectivity index (χ4v) is 1.74. The normalized spacial score (nSPS) is 21.2. The highest BCUT2D eigenvalue weighted by atomic mass is 16.5. The van der Waals surface area contributed by atoms with E-state index >= 15 is 0 Å². The van der Waals surface area contributed by atoms with Crippen molar-refractivity contribution in [3.8, 4) is 0 Å². The van der Waals surface area contributed by atoms with Crippen molar-refractivity contribution in [3.63, 3.8) is 0 Å². The predicted octanol–water partition coefficient (Wildman–Crippen LogP) is 2.35. The molecule has 0 bridgehead atoms. The molecule has 1 aliphatic carbocycles. The van der Waals surface area contributed by atoms with Gasteiger partial charge >= 0.3 is 0 Å². The van der Waals surface area contributed by atoms with Crippen LogP contribution in [0.15, 0.2) is 0 Å². The molecule has 0 aromatic rings. The Morgan fingerprint density at radius 3 is 2.23 bits per heavy atom. The smallest absolute Gasteiger partial charge is 0.0598 e. The number of hydrogen-bond donors (Lipinski definition) is 1. The average molecular weight is 186 g/mol. The molecule has 78 valence electrons. The lowest BCUT2D eigenvalue weighted by Gasteiger charge is -2.40. The lowest BCUT2D eigenvalue weighted by molar-refractivity contribution is -0.0459. The maximum absolute atomic E-state index is 9.21. The highest BCUT2D eigenvalue weighted by Gasteiger charge is 2.35. The summed E-state index contributed by atoms with van der Waals surface area (Å²) in [5.41, 5.74) is 0.172. The lowest BCUT2D eigenvalue weighted by atomic mass is 9.67. The second-order valence-electron chi connectivity index (χ2n) is 5.22. The van der Waals surface area contributed by atoms with E-state index in [-0.39, 0.29) is 11.0 Å². The van der Waals surface area contributed by atoms with Gasteiger partial charge in [-0.3, -0.25) is 0 Å². The topological polar surface area (TPSA) is 29.5 Å². The zero-order valence-corrected chi connectivity index (χ0v) is 9.10. The van der Waals surface area contributed by atoms with E-state index in [2.05, 4.69) is 20.8 Å². The van der Waals surface area contributed by atoms with Crippen molar-refractivity contribution in [2.75, 3.05) is 13.2 Å². The van der Waals surface area contributed by atoms with Gasteiger partial charge in [0, 0.05) is 13.2 Å². The van der Waals surface area contributed by atoms with Gasteiger partial charge in [-0.1, -0.05) is 6.42 Å². The summed E-state index contributed by atoms with van der Waals surface area (Å²) in [4.78, 5) is 0. The summed E-state index contributed by atoms with van der Waals surface area (Å²) in [6, 6.07) is 0. The fraction of sp³-hybridized carbons (Fsp3) is 1.00. The molecule has 1 saturated carbocycles. The van der Waals surface area contributed by atoms with Crippen LogP contribution in [-0.2, 0) is 4.74 Å². The molecule has 0 heterocycles. The molecule has 0 aliphatic heterocycles. The molecule has 0 radical (unpaired) electrons. The Balaban J connectivity index is 2.18. The van der Waals surface area contributed by atoms with Crippen molar-refractivity contribution in [2.45, 2.75) is 52.1 Å². The van der Waals surface area contributed by atoms with Crippen LogP contribution >= 0.6 is 0 Å². The number of aliphatic hydroxyl groups excluding tert-OH is 1. The molecule has 1 aliphatic rings. The van der Waals surface area contributed by atoms with Gasteiger partial charge in [0.25, 0.3) is 0 Å². The van der Waals surface area contributed by atoms with E-state index in [1.54, 1.807) is 0 Å². The van der Waals surface area contributed by atoms with Crippen LogP contribution < -0.4 is 0 Å². The van der Waals surface area contributed by atoms with Gasteiger partial charge in [-0.15, -0.1) is 0 Å². The van der Waals surface area contributed by atoms with Crippen molar-refractivity contribution in [1.29, 1.82) is 0 Å². The van der Waals surface area contributed by atoms with E-state index in [9.17, 15) is 5.11 Å². The first-order chi connectivity index (χ1) is 5.97. The Kier molecular flexibility index (Phi) is 3.36. The van der Waals surface area contributed by atoms with Crippen LogP contribution in [0.25, 0.3) is 0 Å². The highest BCUT2D eigenvalue weighted by Crippen LogP contribution is 2.43. The maximum Gasteiger partial charge on any atom is 0.0598 e. The summed E-state index contributed by atoms with van der Waals surface area (Å²) < 4.78 is 5.65. The van der Waals surface area contributed by atoms with Gasteiger partial charge < -0.3 is 9.84 Å². The van der Waals surface area contributed by atoms with Crippen LogP contribution in [0.2, 0.25) is 0 Å². The Morgan fingerprint density at radius 1 is 1.31 bits per heavy atom. The van der Waals surface area contributed by atoms with Gasteiger partial charge in [0.2, 0.25) is 0 Å². The molecule has 0 spiro atoms. The molecule has 0 unspecified atom stereocenters. The number of ether oxygens (including phenoxy) is 1. The third-order valence-electron chi connectivity index (χ3n) is 2.92. The molecule has 0 aromatic heterocycles. The van der Waals surface area contributed by atoms with Gasteiger partial charge in [0.15, 0.2) is 0 Å². The number of rotatable bonds is 4. The number of hydrogen-bond acceptors (Lipinski definition) is 2. The summed E-state index contributed by atoms with van der Waals surface area (Å²) in [5, 5.41) is 9.21. The van der Waals surface area contributed by atoms with Crippen LogP contribution in [0, 0.1) is 5.41 Å². The van der Waals surface area contributed by atoms with E-state index in [0.717, 1.165) is 13.0 Å². The minimum absolute atomic E-state index is 0.0413. The average Bonchev–Trinajstić information content (AvgIpc) is 1.92. The Morgan fingerprint density at radius 2 is 1.92 bits per heavy atom. The fourth-order valence-electron chi connectivity index (χ4n) is 1.74. The third-order valence-corrected chi connectivity index (χ3v) is 2.92. The van der Waals surface area contributed by atoms with Crippen molar-refractivity contribution < 1.29 is 9.84 Å². The highest BCUT2D eigenvalue weighted by molar-refractivity contribution is 4.86. The van der Waals surface area contributed by atoms with E-state index in [0.29, 0.717) is 6.61 Å². The van der Waals surface area contributed by atoms with Gasteiger partial charge in [0.05, 0.1) is 5.60 Å². The second kappa shape index (κ2) is 3.97. The standard InChI is InChI=1S/C11H22O2/c1-10(2,3)13-8-7-11(9-12)5-4-6-11/h12H,4-9H2,1-3H3. The molecule has 1 fully saturated rings. The molecule has 1 rings (SSSR count).